The number of aliphatic carboxylic acids is 1. The number of carboxylic acids is 1. The quantitative estimate of drug-likeness (QED) is 0.113. The van der Waals surface area contributed by atoms with E-state index < -0.39 is 59.0 Å². The predicted octanol–water partition coefficient (Wildman–Crippen LogP) is 3.49. The third kappa shape index (κ3) is 7.10. The number of carbonyl (C=O) groups excluding carboxylic acids is 1. The fourth-order valence-electron chi connectivity index (χ4n) is 4.22. The van der Waals surface area contributed by atoms with Gasteiger partial charge in [0.2, 0.25) is 6.04 Å². The van der Waals surface area contributed by atoms with E-state index in [-0.39, 0.29) is 30.8 Å². The molecule has 39 heavy (non-hydrogen) atoms. The third-order valence-electron chi connectivity index (χ3n) is 6.03. The fourth-order valence-corrected chi connectivity index (χ4v) is 6.40. The highest BCUT2D eigenvalue weighted by molar-refractivity contribution is 7.86. The molecule has 0 heterocycles. The molecule has 0 fully saturated rings. The Balaban J connectivity index is 2.76. The number of amides is 1. The summed E-state index contributed by atoms with van der Waals surface area (Å²) in [7, 11) is -4.79. The van der Waals surface area contributed by atoms with Crippen LogP contribution in [-0.2, 0) is 19.6 Å². The molecule has 0 aliphatic carbocycles. The molecule has 0 saturated heterocycles. The SMILES string of the molecule is CC(C)C[N+](C(=O)C=Cc1ccc([N+](=O)[O-])cc1)([C@@H](CCCCN)C(=O)O)S(=O)(=O)c1ccc([N+](=O)[O-])cc1. The van der Waals surface area contributed by atoms with Crippen molar-refractivity contribution in [3.05, 3.63) is 80.4 Å². The predicted molar refractivity (Wildman–Crippen MR) is 142 cm³/mol. The standard InChI is InChI=1S/C25H30N4O9S/c1-18(2)17-29(23(25(31)32)5-3-4-16-26,39(37,38)22-13-11-21(12-14-22)28(35)36)24(30)15-8-19-6-9-20(10-7-19)27(33)34/h6-15,18,23H,3-5,16-17,26H2,1-2H3/p+1/t23-,29?/m0/s1. The van der Waals surface area contributed by atoms with Crippen molar-refractivity contribution in [3.63, 3.8) is 0 Å². The van der Waals surface area contributed by atoms with Crippen molar-refractivity contribution in [3.8, 4) is 0 Å². The summed E-state index contributed by atoms with van der Waals surface area (Å²) in [5.74, 6) is -3.01. The number of nitrogens with two attached hydrogens (primary N) is 1. The zero-order chi connectivity index (χ0) is 29.4. The van der Waals surface area contributed by atoms with Crippen LogP contribution in [-0.4, -0.2) is 58.3 Å². The summed E-state index contributed by atoms with van der Waals surface area (Å²) in [6.07, 6.45) is 2.66. The maximum Gasteiger partial charge on any atom is 0.364 e. The number of sulfonamides is 1. The summed E-state index contributed by atoms with van der Waals surface area (Å²) in [4.78, 5) is 46.8. The lowest BCUT2D eigenvalue weighted by atomic mass is 10.0. The number of rotatable bonds is 14. The van der Waals surface area contributed by atoms with Crippen molar-refractivity contribution >= 4 is 39.4 Å². The van der Waals surface area contributed by atoms with Gasteiger partial charge in [0, 0.05) is 42.7 Å². The molecule has 0 saturated carbocycles. The van der Waals surface area contributed by atoms with Gasteiger partial charge < -0.3 is 10.8 Å². The van der Waals surface area contributed by atoms with Gasteiger partial charge in [-0.05, 0) is 55.3 Å². The van der Waals surface area contributed by atoms with Crippen LogP contribution in [0, 0.1) is 26.1 Å². The second-order valence-corrected chi connectivity index (χ2v) is 11.3. The zero-order valence-electron chi connectivity index (χ0n) is 21.5. The number of nitrogens with zero attached hydrogens (tertiary/aromatic N) is 3. The van der Waals surface area contributed by atoms with Crippen LogP contribution in [0.1, 0.15) is 38.7 Å². The monoisotopic (exact) mass is 563 g/mol. The van der Waals surface area contributed by atoms with Crippen LogP contribution < -0.4 is 5.73 Å². The average molecular weight is 564 g/mol. The van der Waals surface area contributed by atoms with Crippen LogP contribution in [0.3, 0.4) is 0 Å². The number of hydrogen-bond acceptors (Lipinski definition) is 9. The van der Waals surface area contributed by atoms with Gasteiger partial charge in [-0.1, -0.05) is 13.8 Å². The molecule has 0 spiro atoms. The number of nitro groups is 2. The molecule has 2 atom stereocenters. The molecule has 0 radical (unpaired) electrons. The van der Waals surface area contributed by atoms with Crippen molar-refractivity contribution in [1.82, 2.24) is 0 Å². The van der Waals surface area contributed by atoms with Gasteiger partial charge in [-0.15, -0.1) is 3.89 Å². The largest absolute Gasteiger partial charge is 0.477 e. The molecule has 1 unspecified atom stereocenters. The van der Waals surface area contributed by atoms with Gasteiger partial charge in [-0.2, -0.15) is 8.42 Å². The molecule has 1 amide bonds. The summed E-state index contributed by atoms with van der Waals surface area (Å²) in [6, 6.07) is 7.32. The number of hydrogen-bond donors (Lipinski definition) is 2. The number of carboxylic acid groups (broad SMARTS) is 1. The van der Waals surface area contributed by atoms with Crippen LogP contribution in [0.25, 0.3) is 6.08 Å². The summed E-state index contributed by atoms with van der Waals surface area (Å²) >= 11 is 0. The molecule has 0 aliphatic rings. The lowest BCUT2D eigenvalue weighted by Gasteiger charge is -2.39. The Morgan fingerprint density at radius 3 is 1.92 bits per heavy atom. The Bertz CT molecular complexity index is 1340. The number of non-ortho nitro benzene ring substituents is 2. The Morgan fingerprint density at radius 1 is 0.974 bits per heavy atom. The highest BCUT2D eigenvalue weighted by Gasteiger charge is 2.57. The first-order chi connectivity index (χ1) is 18.3. The Labute approximate surface area is 225 Å². The van der Waals surface area contributed by atoms with Crippen molar-refractivity contribution < 1.29 is 36.8 Å². The van der Waals surface area contributed by atoms with Gasteiger partial charge in [0.15, 0.2) is 0 Å². The highest BCUT2D eigenvalue weighted by Crippen LogP contribution is 2.34. The molecule has 210 valence electrons. The minimum absolute atomic E-state index is 0.178. The smallest absolute Gasteiger partial charge is 0.364 e. The van der Waals surface area contributed by atoms with E-state index in [0.717, 1.165) is 30.3 Å². The van der Waals surface area contributed by atoms with E-state index in [2.05, 4.69) is 0 Å². The van der Waals surface area contributed by atoms with E-state index in [1.165, 1.54) is 30.3 Å². The Hall–Kier alpha value is -4.01. The number of benzene rings is 2. The highest BCUT2D eigenvalue weighted by atomic mass is 32.2. The summed E-state index contributed by atoms with van der Waals surface area (Å²) in [6.45, 7) is 3.12. The summed E-state index contributed by atoms with van der Waals surface area (Å²) < 4.78 is 26.9. The molecule has 0 bridgehead atoms. The number of unbranched alkanes of at least 4 members (excludes halogenated alkanes) is 1. The molecule has 13 nitrogen and oxygen atoms in total. The minimum atomic E-state index is -4.79. The second kappa shape index (κ2) is 13.2. The van der Waals surface area contributed by atoms with E-state index in [4.69, 9.17) is 5.73 Å². The van der Waals surface area contributed by atoms with Crippen LogP contribution in [0.15, 0.2) is 59.5 Å². The number of carbonyl (C=O) groups is 2. The van der Waals surface area contributed by atoms with Gasteiger partial charge in [0.05, 0.1) is 9.85 Å². The van der Waals surface area contributed by atoms with Gasteiger partial charge in [0.25, 0.3) is 11.4 Å². The molecule has 2 aromatic rings. The van der Waals surface area contributed by atoms with Crippen molar-refractivity contribution in [2.24, 2.45) is 11.7 Å². The Morgan fingerprint density at radius 2 is 1.49 bits per heavy atom. The van der Waals surface area contributed by atoms with Crippen LogP contribution >= 0.6 is 0 Å². The molecule has 0 aromatic heterocycles. The molecule has 2 rings (SSSR count). The van der Waals surface area contributed by atoms with Crippen LogP contribution in [0.2, 0.25) is 0 Å². The average Bonchev–Trinajstić information content (AvgIpc) is 2.88. The lowest BCUT2D eigenvalue weighted by molar-refractivity contribution is -0.749. The van der Waals surface area contributed by atoms with Crippen molar-refractivity contribution in [1.29, 1.82) is 0 Å². The first-order valence-electron chi connectivity index (χ1n) is 12.0. The Kier molecular flexibility index (Phi) is 10.5. The molecule has 2 aromatic carbocycles. The molecular formula is C25H31N4O9S+. The van der Waals surface area contributed by atoms with E-state index in [1.54, 1.807) is 13.8 Å². The molecule has 3 N–H and O–H groups in total. The summed E-state index contributed by atoms with van der Waals surface area (Å²) in [5, 5.41) is 32.2. The molecular weight excluding hydrogens is 532 g/mol. The third-order valence-corrected chi connectivity index (χ3v) is 8.34. The van der Waals surface area contributed by atoms with Gasteiger partial charge in [-0.3, -0.25) is 20.2 Å². The first-order valence-corrected chi connectivity index (χ1v) is 13.5. The van der Waals surface area contributed by atoms with Crippen molar-refractivity contribution in [2.45, 2.75) is 44.0 Å². The molecule has 14 heteroatoms. The number of nitro benzene ring substituents is 2. The maximum absolute atomic E-state index is 14.2. The minimum Gasteiger partial charge on any atom is -0.477 e. The van der Waals surface area contributed by atoms with Crippen LogP contribution in [0.4, 0.5) is 11.4 Å². The summed E-state index contributed by atoms with van der Waals surface area (Å²) in [5.41, 5.74) is 5.34. The van der Waals surface area contributed by atoms with E-state index >= 15 is 0 Å². The van der Waals surface area contributed by atoms with Gasteiger partial charge in [0.1, 0.15) is 11.4 Å². The number of quaternary nitrogens is 1. The van der Waals surface area contributed by atoms with E-state index in [9.17, 15) is 43.3 Å². The van der Waals surface area contributed by atoms with E-state index in [1.807, 2.05) is 0 Å². The zero-order valence-corrected chi connectivity index (χ0v) is 22.3. The fraction of sp³-hybridized carbons (Fsp3) is 0.360. The second-order valence-electron chi connectivity index (χ2n) is 9.26. The van der Waals surface area contributed by atoms with E-state index in [0.29, 0.717) is 12.0 Å². The first kappa shape index (κ1) is 31.2. The molecule has 0 aliphatic heterocycles. The normalized spacial score (nSPS) is 14.2. The lowest BCUT2D eigenvalue weighted by Crippen LogP contribution is -2.65. The van der Waals surface area contributed by atoms with Crippen molar-refractivity contribution in [2.75, 3.05) is 13.1 Å². The topological polar surface area (TPSA) is 201 Å². The van der Waals surface area contributed by atoms with Gasteiger partial charge >= 0.3 is 21.9 Å². The van der Waals surface area contributed by atoms with Gasteiger partial charge in [-0.25, -0.2) is 9.59 Å². The maximum atomic E-state index is 14.2. The van der Waals surface area contributed by atoms with Crippen LogP contribution in [0.5, 0.6) is 0 Å².